The smallest absolute Gasteiger partial charge is 0.119 e. The van der Waals surface area contributed by atoms with Crippen molar-refractivity contribution < 1.29 is 4.79 Å². The van der Waals surface area contributed by atoms with E-state index in [-0.39, 0.29) is 0 Å². The summed E-state index contributed by atoms with van der Waals surface area (Å²) in [4.78, 5) is 10.1. The highest BCUT2D eigenvalue weighted by molar-refractivity contribution is 5.48. The lowest BCUT2D eigenvalue weighted by Gasteiger charge is -1.97. The molecule has 17 heavy (non-hydrogen) atoms. The van der Waals surface area contributed by atoms with E-state index in [9.17, 15) is 4.79 Å². The van der Waals surface area contributed by atoms with Gasteiger partial charge in [-0.15, -0.1) is 0 Å². The van der Waals surface area contributed by atoms with E-state index < -0.39 is 0 Å². The van der Waals surface area contributed by atoms with E-state index in [2.05, 4.69) is 24.3 Å². The fourth-order valence-electron chi connectivity index (χ4n) is 1.58. The summed E-state index contributed by atoms with van der Waals surface area (Å²) >= 11 is 0. The van der Waals surface area contributed by atoms with Gasteiger partial charge in [-0.05, 0) is 32.6 Å². The quantitative estimate of drug-likeness (QED) is 0.213. The van der Waals surface area contributed by atoms with Gasteiger partial charge in [-0.2, -0.15) is 0 Å². The zero-order chi connectivity index (χ0) is 12.6. The first-order chi connectivity index (χ1) is 8.41. The van der Waals surface area contributed by atoms with Crippen LogP contribution in [0.25, 0.3) is 0 Å². The van der Waals surface area contributed by atoms with E-state index in [0.717, 1.165) is 25.5 Å². The molecule has 0 amide bonds. The first kappa shape index (κ1) is 15.9. The van der Waals surface area contributed by atoms with E-state index in [1.807, 2.05) is 19.1 Å². The van der Waals surface area contributed by atoms with Crippen molar-refractivity contribution in [3.8, 4) is 0 Å². The Balaban J connectivity index is 3.16. The van der Waals surface area contributed by atoms with Crippen LogP contribution < -0.4 is 0 Å². The van der Waals surface area contributed by atoms with Crippen LogP contribution in [0.5, 0.6) is 0 Å². The lowest BCUT2D eigenvalue weighted by Crippen LogP contribution is -1.80. The van der Waals surface area contributed by atoms with Gasteiger partial charge in [0.15, 0.2) is 0 Å². The van der Waals surface area contributed by atoms with Gasteiger partial charge in [0.25, 0.3) is 0 Å². The van der Waals surface area contributed by atoms with Crippen molar-refractivity contribution in [2.45, 2.75) is 58.3 Å². The van der Waals surface area contributed by atoms with Gasteiger partial charge in [0, 0.05) is 6.42 Å². The summed E-state index contributed by atoms with van der Waals surface area (Å²) < 4.78 is 0. The zero-order valence-electron chi connectivity index (χ0n) is 11.1. The van der Waals surface area contributed by atoms with Crippen LogP contribution in [-0.2, 0) is 4.79 Å². The van der Waals surface area contributed by atoms with Crippen molar-refractivity contribution in [2.75, 3.05) is 0 Å². The van der Waals surface area contributed by atoms with Crippen molar-refractivity contribution in [2.24, 2.45) is 0 Å². The van der Waals surface area contributed by atoms with E-state index >= 15 is 0 Å². The molecule has 0 unspecified atom stereocenters. The average molecular weight is 234 g/mol. The highest BCUT2D eigenvalue weighted by Gasteiger charge is 1.88. The molecule has 0 rings (SSSR count). The molecule has 0 aromatic heterocycles. The third kappa shape index (κ3) is 14.9. The summed E-state index contributed by atoms with van der Waals surface area (Å²) in [6, 6.07) is 0. The monoisotopic (exact) mass is 234 g/mol. The molecule has 0 aromatic rings. The number of carbonyl (C=O) groups is 1. The Morgan fingerprint density at radius 3 is 2.18 bits per heavy atom. The van der Waals surface area contributed by atoms with Crippen LogP contribution in [0.3, 0.4) is 0 Å². The molecule has 1 nitrogen and oxygen atoms in total. The molecule has 0 heterocycles. The highest BCUT2D eigenvalue weighted by Crippen LogP contribution is 2.07. The normalized spacial score (nSPS) is 12.1. The summed E-state index contributed by atoms with van der Waals surface area (Å²) in [6.45, 7) is 2.02. The number of aldehydes is 1. The second-order valence-corrected chi connectivity index (χ2v) is 4.17. The van der Waals surface area contributed by atoms with Gasteiger partial charge >= 0.3 is 0 Å². The van der Waals surface area contributed by atoms with Gasteiger partial charge < -0.3 is 4.79 Å². The van der Waals surface area contributed by atoms with Gasteiger partial charge in [-0.1, -0.05) is 55.7 Å². The molecular weight excluding hydrogens is 208 g/mol. The minimum absolute atomic E-state index is 0.735. The lowest BCUT2D eigenvalue weighted by molar-refractivity contribution is -0.107. The molecule has 0 atom stereocenters. The SMILES string of the molecule is C/C=C/C=C\C/C=C\CCCCCCCC=O. The second kappa shape index (κ2) is 14.9. The second-order valence-electron chi connectivity index (χ2n) is 4.17. The molecule has 1 heteroatoms. The molecule has 96 valence electrons. The molecule has 0 saturated carbocycles. The molecule has 0 radical (unpaired) electrons. The number of carbonyl (C=O) groups excluding carboxylic acids is 1. The third-order valence-electron chi connectivity index (χ3n) is 2.57. The van der Waals surface area contributed by atoms with Crippen LogP contribution >= 0.6 is 0 Å². The van der Waals surface area contributed by atoms with Gasteiger partial charge in [0.1, 0.15) is 6.29 Å². The number of unbranched alkanes of at least 4 members (excludes halogenated alkanes) is 6. The summed E-state index contributed by atoms with van der Waals surface area (Å²) in [7, 11) is 0. The Labute approximate surface area is 106 Å². The maximum absolute atomic E-state index is 10.1. The van der Waals surface area contributed by atoms with Crippen LogP contribution in [0.1, 0.15) is 58.3 Å². The minimum Gasteiger partial charge on any atom is -0.303 e. The number of allylic oxidation sites excluding steroid dienone is 6. The Morgan fingerprint density at radius 2 is 1.47 bits per heavy atom. The van der Waals surface area contributed by atoms with E-state index in [4.69, 9.17) is 0 Å². The van der Waals surface area contributed by atoms with Crippen LogP contribution in [0.15, 0.2) is 36.5 Å². The van der Waals surface area contributed by atoms with E-state index in [1.165, 1.54) is 32.1 Å². The predicted octanol–water partition coefficient (Wildman–Crippen LogP) is 4.99. The molecule has 0 aliphatic carbocycles. The Morgan fingerprint density at radius 1 is 0.765 bits per heavy atom. The highest BCUT2D eigenvalue weighted by atomic mass is 16.1. The van der Waals surface area contributed by atoms with Crippen LogP contribution in [0.4, 0.5) is 0 Å². The van der Waals surface area contributed by atoms with Crippen LogP contribution in [0.2, 0.25) is 0 Å². The maximum Gasteiger partial charge on any atom is 0.119 e. The molecule has 0 bridgehead atoms. The predicted molar refractivity (Wildman–Crippen MR) is 76.1 cm³/mol. The van der Waals surface area contributed by atoms with Gasteiger partial charge in [0.2, 0.25) is 0 Å². The van der Waals surface area contributed by atoms with Gasteiger partial charge in [0.05, 0.1) is 0 Å². The molecule has 0 aromatic carbocycles. The topological polar surface area (TPSA) is 17.1 Å². The molecule has 0 spiro atoms. The zero-order valence-corrected chi connectivity index (χ0v) is 11.1. The fraction of sp³-hybridized carbons (Fsp3) is 0.562. The average Bonchev–Trinajstić information content (AvgIpc) is 2.35. The van der Waals surface area contributed by atoms with Crippen LogP contribution in [0, 0.1) is 0 Å². The molecular formula is C16H26O. The van der Waals surface area contributed by atoms with E-state index in [0.29, 0.717) is 0 Å². The fourth-order valence-corrected chi connectivity index (χ4v) is 1.58. The van der Waals surface area contributed by atoms with Crippen molar-refractivity contribution >= 4 is 6.29 Å². The largest absolute Gasteiger partial charge is 0.303 e. The van der Waals surface area contributed by atoms with Crippen molar-refractivity contribution in [3.63, 3.8) is 0 Å². The number of hydrogen-bond donors (Lipinski definition) is 0. The molecule has 0 fully saturated rings. The first-order valence-corrected chi connectivity index (χ1v) is 6.78. The van der Waals surface area contributed by atoms with Crippen LogP contribution in [-0.4, -0.2) is 6.29 Å². The Hall–Kier alpha value is -1.11. The van der Waals surface area contributed by atoms with Crippen molar-refractivity contribution in [3.05, 3.63) is 36.5 Å². The summed E-state index contributed by atoms with van der Waals surface area (Å²) in [5, 5.41) is 0. The minimum atomic E-state index is 0.735. The number of hydrogen-bond acceptors (Lipinski definition) is 1. The summed E-state index contributed by atoms with van der Waals surface area (Å²) in [5.74, 6) is 0. The van der Waals surface area contributed by atoms with Gasteiger partial charge in [-0.25, -0.2) is 0 Å². The Kier molecular flexibility index (Phi) is 13.9. The van der Waals surface area contributed by atoms with Crippen molar-refractivity contribution in [1.82, 2.24) is 0 Å². The summed E-state index contributed by atoms with van der Waals surface area (Å²) in [6.07, 6.45) is 22.9. The third-order valence-corrected chi connectivity index (χ3v) is 2.57. The Bertz CT molecular complexity index is 236. The number of rotatable bonds is 11. The van der Waals surface area contributed by atoms with Gasteiger partial charge in [-0.3, -0.25) is 0 Å². The van der Waals surface area contributed by atoms with Crippen molar-refractivity contribution in [1.29, 1.82) is 0 Å². The molecule has 0 aliphatic rings. The summed E-state index contributed by atoms with van der Waals surface area (Å²) in [5.41, 5.74) is 0. The first-order valence-electron chi connectivity index (χ1n) is 6.78. The lowest BCUT2D eigenvalue weighted by atomic mass is 10.1. The molecule has 0 aliphatic heterocycles. The van der Waals surface area contributed by atoms with E-state index in [1.54, 1.807) is 0 Å². The maximum atomic E-state index is 10.1. The standard InChI is InChI=1S/C16H26O/c1-2-3-4-5-6-7-8-9-10-11-12-13-14-15-16-17/h2-5,7-8,16H,6,9-15H2,1H3/b3-2+,5-4-,8-7-. The molecule has 0 saturated heterocycles. The molecule has 0 N–H and O–H groups in total.